The van der Waals surface area contributed by atoms with Gasteiger partial charge in [0.15, 0.2) is 0 Å². The van der Waals surface area contributed by atoms with Crippen molar-refractivity contribution in [1.29, 1.82) is 0 Å². The van der Waals surface area contributed by atoms with Crippen LogP contribution >= 0.6 is 15.9 Å². The Kier molecular flexibility index (Phi) is 8.25. The van der Waals surface area contributed by atoms with Crippen LogP contribution in [0.3, 0.4) is 0 Å². The van der Waals surface area contributed by atoms with Crippen molar-refractivity contribution in [3.63, 3.8) is 0 Å². The van der Waals surface area contributed by atoms with E-state index >= 15 is 0 Å². The molecule has 0 saturated carbocycles. The Labute approximate surface area is 202 Å². The first-order valence-electron chi connectivity index (χ1n) is 11.7. The van der Waals surface area contributed by atoms with Crippen LogP contribution in [0.25, 0.3) is 0 Å². The number of methoxy groups -OCH3 is 2. The van der Waals surface area contributed by atoms with Crippen LogP contribution in [-0.2, 0) is 28.7 Å². The Morgan fingerprint density at radius 3 is 1.81 bits per heavy atom. The molecule has 0 fully saturated rings. The summed E-state index contributed by atoms with van der Waals surface area (Å²) in [5, 5.41) is 9.22. The number of hydrogen-bond donors (Lipinski definition) is 1. The second-order valence-corrected chi connectivity index (χ2v) is 10.5. The fourth-order valence-corrected chi connectivity index (χ4v) is 6.32. The molecule has 2 aromatic rings. The van der Waals surface area contributed by atoms with E-state index in [1.54, 1.807) is 14.2 Å². The van der Waals surface area contributed by atoms with E-state index in [-0.39, 0.29) is 18.8 Å². The highest BCUT2D eigenvalue weighted by Gasteiger charge is 2.32. The largest absolute Gasteiger partial charge is 0.396 e. The number of aliphatic hydroxyl groups excluding tert-OH is 1. The van der Waals surface area contributed by atoms with Crippen molar-refractivity contribution in [3.8, 4) is 0 Å². The summed E-state index contributed by atoms with van der Waals surface area (Å²) in [5.41, 5.74) is 12.3. The van der Waals surface area contributed by atoms with Gasteiger partial charge in [-0.3, -0.25) is 0 Å². The summed E-state index contributed by atoms with van der Waals surface area (Å²) in [7, 11) is 3.59. The smallest absolute Gasteiger partial charge is 0.0852 e. The van der Waals surface area contributed by atoms with Crippen molar-refractivity contribution in [2.75, 3.05) is 20.8 Å². The molecule has 0 radical (unpaired) electrons. The van der Waals surface area contributed by atoms with Gasteiger partial charge in [0.1, 0.15) is 0 Å². The molecule has 0 bridgehead atoms. The number of hydrogen-bond acceptors (Lipinski definition) is 3. The molecule has 0 aliphatic heterocycles. The minimum atomic E-state index is 0.224. The number of aliphatic hydroxyl groups is 1. The molecule has 4 unspecified atom stereocenters. The third kappa shape index (κ3) is 4.57. The van der Waals surface area contributed by atoms with Crippen LogP contribution < -0.4 is 0 Å². The molecular formula is C28H39BrO3. The highest BCUT2D eigenvalue weighted by Crippen LogP contribution is 2.44. The topological polar surface area (TPSA) is 38.7 Å². The summed E-state index contributed by atoms with van der Waals surface area (Å²) in [6, 6.07) is 4.55. The van der Waals surface area contributed by atoms with Crippen LogP contribution in [0.1, 0.15) is 76.1 Å². The molecule has 0 amide bonds. The predicted molar refractivity (Wildman–Crippen MR) is 136 cm³/mol. The lowest BCUT2D eigenvalue weighted by Crippen LogP contribution is -2.06. The van der Waals surface area contributed by atoms with Gasteiger partial charge in [-0.1, -0.05) is 41.9 Å². The quantitative estimate of drug-likeness (QED) is 0.507. The molecular weight excluding hydrogens is 464 g/mol. The van der Waals surface area contributed by atoms with Crippen LogP contribution in [0, 0.1) is 39.5 Å². The van der Waals surface area contributed by atoms with E-state index in [0.717, 1.165) is 19.3 Å². The fraction of sp³-hybridized carbons (Fsp3) is 0.571. The molecule has 0 spiro atoms. The van der Waals surface area contributed by atoms with Crippen LogP contribution in [0.15, 0.2) is 16.6 Å². The van der Waals surface area contributed by atoms with Gasteiger partial charge in [0, 0.05) is 25.3 Å². The first-order chi connectivity index (χ1) is 15.2. The average molecular weight is 504 g/mol. The Balaban J connectivity index is 0.000000182. The van der Waals surface area contributed by atoms with Gasteiger partial charge >= 0.3 is 0 Å². The Bertz CT molecular complexity index is 982. The third-order valence-electron chi connectivity index (χ3n) is 7.60. The minimum absolute atomic E-state index is 0.224. The molecule has 1 N–H and O–H groups in total. The molecule has 4 heteroatoms. The van der Waals surface area contributed by atoms with E-state index in [2.05, 4.69) is 69.6 Å². The summed E-state index contributed by atoms with van der Waals surface area (Å²) in [4.78, 5) is 0. The molecule has 2 aliphatic rings. The van der Waals surface area contributed by atoms with Gasteiger partial charge in [-0.25, -0.2) is 0 Å². The zero-order valence-corrected chi connectivity index (χ0v) is 22.5. The van der Waals surface area contributed by atoms with Crippen molar-refractivity contribution in [2.45, 2.75) is 73.0 Å². The Morgan fingerprint density at radius 2 is 1.31 bits per heavy atom. The maximum Gasteiger partial charge on any atom is 0.0852 e. The lowest BCUT2D eigenvalue weighted by Gasteiger charge is -2.17. The van der Waals surface area contributed by atoms with E-state index in [9.17, 15) is 5.11 Å². The third-order valence-corrected chi connectivity index (χ3v) is 8.68. The standard InChI is InChI=1S/C15H22O2.C13H17BrO/c1-9-7-14-13(8-10(2)15(14)17-4)12(5-6-16)11(9)3;1-7-5-11-10(12(14)9(7)3)6-8(2)13(11)15-4/h7,10,15-16H,5-6,8H2,1-4H3;5,8,13H,6H2,1-4H3. The predicted octanol–water partition coefficient (Wildman–Crippen LogP) is 6.66. The SMILES string of the molecule is COC1c2cc(C)c(C)c(Br)c2CC1C.COC1c2cc(C)c(C)c(CCO)c2CC1C. The Morgan fingerprint density at radius 1 is 0.844 bits per heavy atom. The number of ether oxygens (including phenoxy) is 2. The first-order valence-corrected chi connectivity index (χ1v) is 12.5. The molecule has 176 valence electrons. The summed E-state index contributed by atoms with van der Waals surface area (Å²) in [6.45, 7) is 13.4. The summed E-state index contributed by atoms with van der Waals surface area (Å²) in [6.07, 6.45) is 3.45. The van der Waals surface area contributed by atoms with E-state index in [4.69, 9.17) is 9.47 Å². The lowest BCUT2D eigenvalue weighted by molar-refractivity contribution is 0.0694. The van der Waals surface area contributed by atoms with Gasteiger partial charge in [-0.05, 0) is 109 Å². The Hall–Kier alpha value is -1.20. The maximum absolute atomic E-state index is 9.22. The van der Waals surface area contributed by atoms with Gasteiger partial charge in [-0.2, -0.15) is 0 Å². The van der Waals surface area contributed by atoms with E-state index in [0.29, 0.717) is 11.8 Å². The minimum Gasteiger partial charge on any atom is -0.396 e. The van der Waals surface area contributed by atoms with Crippen LogP contribution in [0.2, 0.25) is 0 Å². The number of rotatable bonds is 4. The molecule has 3 nitrogen and oxygen atoms in total. The number of fused-ring (bicyclic) bond motifs is 2. The monoisotopic (exact) mass is 502 g/mol. The number of aryl methyl sites for hydroxylation is 2. The molecule has 32 heavy (non-hydrogen) atoms. The molecule has 0 heterocycles. The first kappa shape index (κ1) is 25.4. The number of halogens is 1. The van der Waals surface area contributed by atoms with Crippen molar-refractivity contribution >= 4 is 15.9 Å². The zero-order chi connectivity index (χ0) is 23.7. The van der Waals surface area contributed by atoms with Gasteiger partial charge in [0.25, 0.3) is 0 Å². The molecule has 4 rings (SSSR count). The number of benzene rings is 2. The summed E-state index contributed by atoms with van der Waals surface area (Å²) < 4.78 is 12.5. The molecule has 0 saturated heterocycles. The van der Waals surface area contributed by atoms with Crippen molar-refractivity contribution in [3.05, 3.63) is 66.7 Å². The van der Waals surface area contributed by atoms with Crippen LogP contribution in [0.4, 0.5) is 0 Å². The van der Waals surface area contributed by atoms with Crippen LogP contribution in [-0.4, -0.2) is 25.9 Å². The second-order valence-electron chi connectivity index (χ2n) is 9.71. The molecule has 2 aliphatic carbocycles. The van der Waals surface area contributed by atoms with Gasteiger partial charge < -0.3 is 14.6 Å². The fourth-order valence-electron chi connectivity index (χ4n) is 5.62. The normalized spacial score (nSPS) is 23.6. The van der Waals surface area contributed by atoms with Gasteiger partial charge in [-0.15, -0.1) is 0 Å². The van der Waals surface area contributed by atoms with E-state index in [1.165, 1.54) is 54.5 Å². The highest BCUT2D eigenvalue weighted by atomic mass is 79.9. The van der Waals surface area contributed by atoms with Gasteiger partial charge in [0.2, 0.25) is 0 Å². The van der Waals surface area contributed by atoms with E-state index < -0.39 is 0 Å². The lowest BCUT2D eigenvalue weighted by atomic mass is 9.92. The molecule has 4 atom stereocenters. The highest BCUT2D eigenvalue weighted by molar-refractivity contribution is 9.10. The van der Waals surface area contributed by atoms with Crippen molar-refractivity contribution < 1.29 is 14.6 Å². The maximum atomic E-state index is 9.22. The molecule has 0 aromatic heterocycles. The van der Waals surface area contributed by atoms with Gasteiger partial charge in [0.05, 0.1) is 12.2 Å². The van der Waals surface area contributed by atoms with Crippen molar-refractivity contribution in [2.24, 2.45) is 11.8 Å². The molecule has 2 aromatic carbocycles. The van der Waals surface area contributed by atoms with E-state index in [1.807, 2.05) is 0 Å². The second kappa shape index (κ2) is 10.4. The zero-order valence-electron chi connectivity index (χ0n) is 20.9. The van der Waals surface area contributed by atoms with Crippen molar-refractivity contribution in [1.82, 2.24) is 0 Å². The average Bonchev–Trinajstić information content (AvgIpc) is 3.25. The summed E-state index contributed by atoms with van der Waals surface area (Å²) in [5.74, 6) is 1.12. The van der Waals surface area contributed by atoms with Crippen LogP contribution in [0.5, 0.6) is 0 Å². The summed E-state index contributed by atoms with van der Waals surface area (Å²) >= 11 is 3.71.